The van der Waals surface area contributed by atoms with Crippen LogP contribution in [0, 0.1) is 0 Å². The van der Waals surface area contributed by atoms with Gasteiger partial charge in [0, 0.05) is 6.61 Å². The molecule has 1 aliphatic rings. The van der Waals surface area contributed by atoms with Gasteiger partial charge in [-0.05, 0) is 26.0 Å². The van der Waals surface area contributed by atoms with E-state index in [1.54, 1.807) is 18.9 Å². The fraction of sp³-hybridized carbons (Fsp3) is 0.533. The minimum absolute atomic E-state index is 0.0177. The predicted molar refractivity (Wildman–Crippen MR) is 75.1 cm³/mol. The van der Waals surface area contributed by atoms with Crippen molar-refractivity contribution in [2.24, 2.45) is 0 Å². The van der Waals surface area contributed by atoms with Crippen LogP contribution in [-0.2, 0) is 9.53 Å². The summed E-state index contributed by atoms with van der Waals surface area (Å²) in [6.45, 7) is 5.39. The third-order valence-corrected chi connectivity index (χ3v) is 3.29. The number of methoxy groups -OCH3 is 1. The lowest BCUT2D eigenvalue weighted by Crippen LogP contribution is -2.58. The van der Waals surface area contributed by atoms with Crippen LogP contribution < -0.4 is 9.47 Å². The molecule has 2 rings (SSSR count). The molecule has 0 unspecified atom stereocenters. The molecule has 1 amide bonds. The molecular formula is C15H21NO4. The topological polar surface area (TPSA) is 48.0 Å². The van der Waals surface area contributed by atoms with Crippen molar-refractivity contribution in [2.45, 2.75) is 26.1 Å². The molecule has 0 aliphatic carbocycles. The molecule has 0 bridgehead atoms. The van der Waals surface area contributed by atoms with Crippen LogP contribution in [0.1, 0.15) is 13.8 Å². The minimum Gasteiger partial charge on any atom is -0.493 e. The smallest absolute Gasteiger partial charge is 0.251 e. The maximum atomic E-state index is 12.0. The van der Waals surface area contributed by atoms with E-state index >= 15 is 0 Å². The number of rotatable bonds is 6. The molecule has 1 aromatic rings. The zero-order valence-corrected chi connectivity index (χ0v) is 12.2. The number of carbonyl (C=O) groups excluding carboxylic acids is 1. The largest absolute Gasteiger partial charge is 0.493 e. The summed E-state index contributed by atoms with van der Waals surface area (Å²) in [7, 11) is 1.61. The van der Waals surface area contributed by atoms with Gasteiger partial charge in [0.1, 0.15) is 12.2 Å². The third-order valence-electron chi connectivity index (χ3n) is 3.29. The zero-order valence-electron chi connectivity index (χ0n) is 12.2. The van der Waals surface area contributed by atoms with Gasteiger partial charge in [0.05, 0.1) is 20.2 Å². The van der Waals surface area contributed by atoms with E-state index in [4.69, 9.17) is 14.2 Å². The Labute approximate surface area is 119 Å². The first-order chi connectivity index (χ1) is 9.65. The van der Waals surface area contributed by atoms with Gasteiger partial charge in [-0.15, -0.1) is 0 Å². The van der Waals surface area contributed by atoms with Crippen LogP contribution in [0.15, 0.2) is 24.3 Å². The number of nitrogens with zero attached hydrogens (tertiary/aromatic N) is 1. The van der Waals surface area contributed by atoms with Crippen molar-refractivity contribution >= 4 is 5.91 Å². The van der Waals surface area contributed by atoms with Crippen molar-refractivity contribution in [2.75, 3.05) is 26.8 Å². The Morgan fingerprint density at radius 2 is 2.00 bits per heavy atom. The van der Waals surface area contributed by atoms with Crippen LogP contribution >= 0.6 is 0 Å². The van der Waals surface area contributed by atoms with Crippen molar-refractivity contribution in [1.29, 1.82) is 0 Å². The highest BCUT2D eigenvalue weighted by Gasteiger charge is 2.35. The lowest BCUT2D eigenvalue weighted by atomic mass is 10.1. The van der Waals surface area contributed by atoms with Crippen molar-refractivity contribution < 1.29 is 19.0 Å². The summed E-state index contributed by atoms with van der Waals surface area (Å²) in [4.78, 5) is 13.7. The van der Waals surface area contributed by atoms with Gasteiger partial charge < -0.3 is 19.1 Å². The fourth-order valence-electron chi connectivity index (χ4n) is 2.17. The highest BCUT2D eigenvalue weighted by molar-refractivity contribution is 5.81. The van der Waals surface area contributed by atoms with E-state index in [1.165, 1.54) is 0 Å². The summed E-state index contributed by atoms with van der Waals surface area (Å²) in [5.41, 5.74) is 0. The summed E-state index contributed by atoms with van der Waals surface area (Å²) < 4.78 is 16.4. The molecule has 0 N–H and O–H groups in total. The van der Waals surface area contributed by atoms with Crippen LogP contribution in [0.25, 0.3) is 0 Å². The molecule has 20 heavy (non-hydrogen) atoms. The highest BCUT2D eigenvalue weighted by Crippen LogP contribution is 2.28. The number of carbonyl (C=O) groups is 1. The fourth-order valence-corrected chi connectivity index (χ4v) is 2.17. The van der Waals surface area contributed by atoms with Gasteiger partial charge in [-0.1, -0.05) is 12.1 Å². The second-order valence-electron chi connectivity index (χ2n) is 4.73. The van der Waals surface area contributed by atoms with Gasteiger partial charge in [-0.3, -0.25) is 4.79 Å². The average Bonchev–Trinajstić information content (AvgIpc) is 2.42. The second kappa shape index (κ2) is 6.61. The molecule has 5 heteroatoms. The number of ether oxygens (including phenoxy) is 3. The Balaban J connectivity index is 1.83. The van der Waals surface area contributed by atoms with Gasteiger partial charge >= 0.3 is 0 Å². The Kier molecular flexibility index (Phi) is 4.84. The van der Waals surface area contributed by atoms with E-state index in [1.807, 2.05) is 31.2 Å². The maximum Gasteiger partial charge on any atom is 0.251 e. The second-order valence-corrected chi connectivity index (χ2v) is 4.73. The van der Waals surface area contributed by atoms with E-state index < -0.39 is 0 Å². The number of amides is 1. The van der Waals surface area contributed by atoms with Crippen LogP contribution in [-0.4, -0.2) is 49.8 Å². The average molecular weight is 279 g/mol. The third kappa shape index (κ3) is 3.22. The molecule has 110 valence electrons. The molecule has 1 aromatic carbocycles. The summed E-state index contributed by atoms with van der Waals surface area (Å²) in [5, 5.41) is 0. The number of para-hydroxylation sites is 2. The first-order valence-corrected chi connectivity index (χ1v) is 6.85. The van der Waals surface area contributed by atoms with Crippen LogP contribution in [0.2, 0.25) is 0 Å². The first kappa shape index (κ1) is 14.7. The molecule has 0 saturated carbocycles. The summed E-state index contributed by atoms with van der Waals surface area (Å²) >= 11 is 0. The Morgan fingerprint density at radius 1 is 1.35 bits per heavy atom. The number of likely N-dealkylation sites (tertiary alicyclic amines) is 1. The molecule has 0 spiro atoms. The van der Waals surface area contributed by atoms with E-state index in [0.29, 0.717) is 31.2 Å². The van der Waals surface area contributed by atoms with Crippen LogP contribution in [0.4, 0.5) is 0 Å². The molecule has 1 heterocycles. The Hall–Kier alpha value is -1.75. The summed E-state index contributed by atoms with van der Waals surface area (Å²) in [6, 6.07) is 7.52. The molecule has 1 aliphatic heterocycles. The highest BCUT2D eigenvalue weighted by atomic mass is 16.5. The van der Waals surface area contributed by atoms with Crippen LogP contribution in [0.5, 0.6) is 11.5 Å². The lowest BCUT2D eigenvalue weighted by Gasteiger charge is -2.40. The molecule has 0 aromatic heterocycles. The van der Waals surface area contributed by atoms with Gasteiger partial charge in [-0.25, -0.2) is 0 Å². The predicted octanol–water partition coefficient (Wildman–Crippen LogP) is 1.71. The van der Waals surface area contributed by atoms with Crippen LogP contribution in [0.3, 0.4) is 0 Å². The van der Waals surface area contributed by atoms with E-state index in [9.17, 15) is 4.79 Å². The lowest BCUT2D eigenvalue weighted by molar-refractivity contribution is -0.151. The molecule has 5 nitrogen and oxygen atoms in total. The van der Waals surface area contributed by atoms with Gasteiger partial charge in [-0.2, -0.15) is 0 Å². The van der Waals surface area contributed by atoms with E-state index in [0.717, 1.165) is 0 Å². The maximum absolute atomic E-state index is 12.0. The molecule has 1 saturated heterocycles. The number of hydrogen-bond donors (Lipinski definition) is 0. The van der Waals surface area contributed by atoms with Gasteiger partial charge in [0.25, 0.3) is 5.91 Å². The summed E-state index contributed by atoms with van der Waals surface area (Å²) in [5.74, 6) is 1.44. The quantitative estimate of drug-likeness (QED) is 0.795. The summed E-state index contributed by atoms with van der Waals surface area (Å²) in [6.07, 6.45) is -0.365. The standard InChI is InChI=1S/C15H21NO4/c1-4-19-11(2)15(17)16-9-12(10-16)20-14-8-6-5-7-13(14)18-3/h5-8,11-12H,4,9-10H2,1-3H3/t11-/m0/s1. The minimum atomic E-state index is -0.382. The Morgan fingerprint density at radius 3 is 2.60 bits per heavy atom. The number of hydrogen-bond acceptors (Lipinski definition) is 4. The van der Waals surface area contributed by atoms with E-state index in [-0.39, 0.29) is 18.1 Å². The normalized spacial score (nSPS) is 16.4. The monoisotopic (exact) mass is 279 g/mol. The van der Waals surface area contributed by atoms with Gasteiger partial charge in [0.2, 0.25) is 0 Å². The van der Waals surface area contributed by atoms with E-state index in [2.05, 4.69) is 0 Å². The van der Waals surface area contributed by atoms with Crippen molar-refractivity contribution in [1.82, 2.24) is 4.90 Å². The SMILES string of the molecule is CCO[C@@H](C)C(=O)N1CC(Oc2ccccc2OC)C1. The van der Waals surface area contributed by atoms with Crippen molar-refractivity contribution in [3.63, 3.8) is 0 Å². The van der Waals surface area contributed by atoms with Crippen molar-refractivity contribution in [3.8, 4) is 11.5 Å². The molecule has 1 fully saturated rings. The zero-order chi connectivity index (χ0) is 14.5. The molecule has 0 radical (unpaired) electrons. The molecule has 1 atom stereocenters. The number of benzene rings is 1. The molecular weight excluding hydrogens is 258 g/mol. The Bertz CT molecular complexity index is 457. The van der Waals surface area contributed by atoms with Crippen molar-refractivity contribution in [3.05, 3.63) is 24.3 Å². The van der Waals surface area contributed by atoms with Gasteiger partial charge in [0.15, 0.2) is 11.5 Å². The first-order valence-electron chi connectivity index (χ1n) is 6.85.